The molecule has 0 aromatic rings. The highest BCUT2D eigenvalue weighted by molar-refractivity contribution is 7.91. The second kappa shape index (κ2) is 4.21. The molecule has 1 heterocycles. The van der Waals surface area contributed by atoms with Crippen LogP contribution in [0.5, 0.6) is 0 Å². The van der Waals surface area contributed by atoms with Gasteiger partial charge in [0.1, 0.15) is 5.41 Å². The van der Waals surface area contributed by atoms with Crippen molar-refractivity contribution in [3.05, 3.63) is 0 Å². The maximum absolute atomic E-state index is 11.7. The highest BCUT2D eigenvalue weighted by Crippen LogP contribution is 2.52. The Hall–Kier alpha value is -0.600. The second-order valence-electron chi connectivity index (χ2n) is 6.12. The summed E-state index contributed by atoms with van der Waals surface area (Å²) in [6.45, 7) is 4.02. The first-order valence-electron chi connectivity index (χ1n) is 6.60. The van der Waals surface area contributed by atoms with Gasteiger partial charge < -0.3 is 5.11 Å². The van der Waals surface area contributed by atoms with E-state index in [0.717, 1.165) is 12.8 Å². The minimum absolute atomic E-state index is 0.0285. The van der Waals surface area contributed by atoms with Gasteiger partial charge in [-0.15, -0.1) is 0 Å². The Morgan fingerprint density at radius 1 is 1.33 bits per heavy atom. The van der Waals surface area contributed by atoms with Crippen LogP contribution >= 0.6 is 0 Å². The Labute approximate surface area is 109 Å². The molecule has 2 rings (SSSR count). The number of aliphatic hydroxyl groups is 1. The fourth-order valence-corrected chi connectivity index (χ4v) is 5.71. The van der Waals surface area contributed by atoms with Gasteiger partial charge in [-0.1, -0.05) is 26.7 Å². The molecule has 5 heteroatoms. The molecule has 1 aliphatic carbocycles. The van der Waals surface area contributed by atoms with E-state index in [0.29, 0.717) is 12.3 Å². The van der Waals surface area contributed by atoms with Crippen LogP contribution in [0.1, 0.15) is 39.5 Å². The zero-order chi connectivity index (χ0) is 13.6. The van der Waals surface area contributed by atoms with Crippen molar-refractivity contribution in [1.82, 2.24) is 0 Å². The van der Waals surface area contributed by atoms with Crippen molar-refractivity contribution < 1.29 is 13.5 Å². The van der Waals surface area contributed by atoms with Crippen LogP contribution in [0.3, 0.4) is 0 Å². The number of nitrogens with zero attached hydrogens (tertiary/aromatic N) is 1. The summed E-state index contributed by atoms with van der Waals surface area (Å²) in [6, 6.07) is 2.17. The lowest BCUT2D eigenvalue weighted by Gasteiger charge is -2.49. The van der Waals surface area contributed by atoms with Gasteiger partial charge in [-0.25, -0.2) is 8.42 Å². The van der Waals surface area contributed by atoms with Gasteiger partial charge in [-0.2, -0.15) is 5.26 Å². The highest BCUT2D eigenvalue weighted by Gasteiger charge is 2.60. The quantitative estimate of drug-likeness (QED) is 0.784. The first kappa shape index (κ1) is 13.8. The molecule has 1 saturated heterocycles. The van der Waals surface area contributed by atoms with E-state index in [1.54, 1.807) is 0 Å². The van der Waals surface area contributed by atoms with E-state index in [1.165, 1.54) is 0 Å². The third kappa shape index (κ3) is 1.86. The van der Waals surface area contributed by atoms with Crippen molar-refractivity contribution in [2.45, 2.75) is 45.1 Å². The average molecular weight is 271 g/mol. The molecule has 102 valence electrons. The summed E-state index contributed by atoms with van der Waals surface area (Å²) in [5.74, 6) is 0.157. The smallest absolute Gasteiger partial charge is 0.152 e. The topological polar surface area (TPSA) is 78.2 Å². The number of rotatable bonds is 1. The van der Waals surface area contributed by atoms with Gasteiger partial charge in [0.05, 0.1) is 23.2 Å². The number of hydrogen-bond donors (Lipinski definition) is 1. The van der Waals surface area contributed by atoms with Crippen LogP contribution < -0.4 is 0 Å². The van der Waals surface area contributed by atoms with Crippen LogP contribution in [0, 0.1) is 28.6 Å². The first-order chi connectivity index (χ1) is 8.26. The molecule has 4 atom stereocenters. The molecule has 0 radical (unpaired) electrons. The molecule has 1 aliphatic heterocycles. The largest absolute Gasteiger partial charge is 0.388 e. The minimum Gasteiger partial charge on any atom is -0.388 e. The second-order valence-corrected chi connectivity index (χ2v) is 8.30. The standard InChI is InChI=1S/C13H21NO3S/c1-10-4-3-5-13(15,11(10)2)12(8-14)6-7-18(16,17)9-12/h10-11,15H,3-7,9H2,1-2H3. The Morgan fingerprint density at radius 3 is 2.50 bits per heavy atom. The molecular weight excluding hydrogens is 250 g/mol. The fraction of sp³-hybridized carbons (Fsp3) is 0.923. The molecule has 0 aromatic heterocycles. The van der Waals surface area contributed by atoms with E-state index in [9.17, 15) is 18.8 Å². The summed E-state index contributed by atoms with van der Waals surface area (Å²) >= 11 is 0. The average Bonchev–Trinajstić information content (AvgIpc) is 2.63. The Morgan fingerprint density at radius 2 is 2.00 bits per heavy atom. The number of nitriles is 1. The van der Waals surface area contributed by atoms with Crippen LogP contribution in [-0.2, 0) is 9.84 Å². The van der Waals surface area contributed by atoms with Crippen molar-refractivity contribution in [3.63, 3.8) is 0 Å². The van der Waals surface area contributed by atoms with E-state index in [2.05, 4.69) is 13.0 Å². The van der Waals surface area contributed by atoms with Gasteiger partial charge in [-0.3, -0.25) is 0 Å². The summed E-state index contributed by atoms with van der Waals surface area (Å²) in [4.78, 5) is 0. The molecule has 18 heavy (non-hydrogen) atoms. The maximum Gasteiger partial charge on any atom is 0.152 e. The van der Waals surface area contributed by atoms with E-state index < -0.39 is 20.9 Å². The monoisotopic (exact) mass is 271 g/mol. The van der Waals surface area contributed by atoms with Crippen molar-refractivity contribution >= 4 is 9.84 Å². The normalized spacial score (nSPS) is 47.7. The summed E-state index contributed by atoms with van der Waals surface area (Å²) in [5.41, 5.74) is -2.25. The molecule has 0 bridgehead atoms. The van der Waals surface area contributed by atoms with Crippen molar-refractivity contribution in [3.8, 4) is 6.07 Å². The van der Waals surface area contributed by atoms with Crippen LogP contribution in [0.25, 0.3) is 0 Å². The Kier molecular flexibility index (Phi) is 3.23. The van der Waals surface area contributed by atoms with Crippen LogP contribution in [0.4, 0.5) is 0 Å². The predicted molar refractivity (Wildman–Crippen MR) is 68.4 cm³/mol. The lowest BCUT2D eigenvalue weighted by molar-refractivity contribution is -0.126. The predicted octanol–water partition coefficient (Wildman–Crippen LogP) is 1.50. The molecule has 0 amide bonds. The van der Waals surface area contributed by atoms with Gasteiger partial charge >= 0.3 is 0 Å². The molecular formula is C13H21NO3S. The van der Waals surface area contributed by atoms with Gasteiger partial charge in [0, 0.05) is 0 Å². The summed E-state index contributed by atoms with van der Waals surface area (Å²) in [6.07, 6.45) is 2.73. The van der Waals surface area contributed by atoms with Gasteiger partial charge in [0.25, 0.3) is 0 Å². The lowest BCUT2D eigenvalue weighted by atomic mass is 9.58. The third-order valence-electron chi connectivity index (χ3n) is 5.17. The Balaban J connectivity index is 2.42. The van der Waals surface area contributed by atoms with Crippen molar-refractivity contribution in [2.24, 2.45) is 17.3 Å². The van der Waals surface area contributed by atoms with Crippen molar-refractivity contribution in [2.75, 3.05) is 11.5 Å². The molecule has 1 N–H and O–H groups in total. The van der Waals surface area contributed by atoms with Gasteiger partial charge in [0.15, 0.2) is 9.84 Å². The molecule has 1 saturated carbocycles. The van der Waals surface area contributed by atoms with Crippen LogP contribution in [0.15, 0.2) is 0 Å². The molecule has 2 fully saturated rings. The van der Waals surface area contributed by atoms with Crippen LogP contribution in [-0.4, -0.2) is 30.6 Å². The summed E-state index contributed by atoms with van der Waals surface area (Å²) in [5, 5.41) is 20.5. The fourth-order valence-electron chi connectivity index (χ4n) is 3.69. The molecule has 0 spiro atoms. The Bertz CT molecular complexity index is 481. The van der Waals surface area contributed by atoms with Gasteiger partial charge in [-0.05, 0) is 24.7 Å². The molecule has 0 aromatic carbocycles. The molecule has 4 unspecified atom stereocenters. The lowest BCUT2D eigenvalue weighted by Crippen LogP contribution is -2.56. The van der Waals surface area contributed by atoms with E-state index in [1.807, 2.05) is 6.92 Å². The number of sulfone groups is 1. The van der Waals surface area contributed by atoms with Crippen LogP contribution in [0.2, 0.25) is 0 Å². The number of hydrogen-bond acceptors (Lipinski definition) is 4. The van der Waals surface area contributed by atoms with E-state index in [-0.39, 0.29) is 23.8 Å². The minimum atomic E-state index is -3.18. The third-order valence-corrected chi connectivity index (χ3v) is 6.93. The first-order valence-corrected chi connectivity index (χ1v) is 8.42. The van der Waals surface area contributed by atoms with E-state index in [4.69, 9.17) is 0 Å². The zero-order valence-corrected chi connectivity index (χ0v) is 11.8. The maximum atomic E-state index is 11.7. The zero-order valence-electron chi connectivity index (χ0n) is 11.0. The highest BCUT2D eigenvalue weighted by atomic mass is 32.2. The molecule has 2 aliphatic rings. The molecule has 4 nitrogen and oxygen atoms in total. The summed E-state index contributed by atoms with van der Waals surface area (Å²) in [7, 11) is -3.18. The SMILES string of the molecule is CC1CCCC(O)(C2(C#N)CCS(=O)(=O)C2)C1C. The summed E-state index contributed by atoms with van der Waals surface area (Å²) < 4.78 is 23.4. The van der Waals surface area contributed by atoms with Gasteiger partial charge in [0.2, 0.25) is 0 Å². The van der Waals surface area contributed by atoms with E-state index >= 15 is 0 Å². The van der Waals surface area contributed by atoms with Crippen molar-refractivity contribution in [1.29, 1.82) is 5.26 Å².